The average Bonchev–Trinajstić information content (AvgIpc) is 3.51. The molecule has 0 saturated carbocycles. The van der Waals surface area contributed by atoms with E-state index < -0.39 is 0 Å². The molecule has 2 aliphatic heterocycles. The summed E-state index contributed by atoms with van der Waals surface area (Å²) >= 11 is 0.892. The second-order valence-corrected chi connectivity index (χ2v) is 10.5. The minimum Gasteiger partial charge on any atom is -0.456 e. The van der Waals surface area contributed by atoms with Crippen LogP contribution in [0.15, 0.2) is 76.2 Å². The van der Waals surface area contributed by atoms with Crippen molar-refractivity contribution in [1.82, 2.24) is 20.6 Å². The van der Waals surface area contributed by atoms with Crippen LogP contribution in [0, 0.1) is 5.92 Å². The van der Waals surface area contributed by atoms with Gasteiger partial charge in [0.15, 0.2) is 0 Å². The lowest BCUT2D eigenvalue weighted by molar-refractivity contribution is -0.115. The number of hydrogen-bond acceptors (Lipinski definition) is 8. The van der Waals surface area contributed by atoms with Gasteiger partial charge in [0, 0.05) is 36.8 Å². The molecule has 4 heterocycles. The van der Waals surface area contributed by atoms with Crippen molar-refractivity contribution in [2.75, 3.05) is 24.5 Å². The fourth-order valence-corrected chi connectivity index (χ4v) is 5.59. The molecule has 0 bridgehead atoms. The van der Waals surface area contributed by atoms with Gasteiger partial charge in [0.05, 0.1) is 10.6 Å². The zero-order valence-corrected chi connectivity index (χ0v) is 21.5. The van der Waals surface area contributed by atoms with Crippen LogP contribution in [0.5, 0.6) is 0 Å². The number of para-hydroxylation sites is 1. The summed E-state index contributed by atoms with van der Waals surface area (Å²) in [5.74, 6) is 1.74. The van der Waals surface area contributed by atoms with E-state index in [0.29, 0.717) is 22.5 Å². The molecule has 2 aromatic carbocycles. The van der Waals surface area contributed by atoms with Crippen LogP contribution < -0.4 is 15.5 Å². The molecule has 0 radical (unpaired) electrons. The second kappa shape index (κ2) is 10.8. The molecular weight excluding hydrogens is 498 g/mol. The minimum absolute atomic E-state index is 0.353. The number of thioether (sulfide) groups is 1. The van der Waals surface area contributed by atoms with Gasteiger partial charge in [-0.1, -0.05) is 42.5 Å². The number of fused-ring (bicyclic) bond motifs is 1. The fraction of sp³-hybridized carbons (Fsp3) is 0.241. The summed E-state index contributed by atoms with van der Waals surface area (Å²) in [5, 5.41) is 6.68. The monoisotopic (exact) mass is 525 g/mol. The van der Waals surface area contributed by atoms with E-state index in [2.05, 4.69) is 61.9 Å². The van der Waals surface area contributed by atoms with Crippen molar-refractivity contribution in [1.29, 1.82) is 0 Å². The van der Waals surface area contributed by atoms with Gasteiger partial charge in [0.25, 0.3) is 11.1 Å². The van der Waals surface area contributed by atoms with E-state index in [-0.39, 0.29) is 11.1 Å². The van der Waals surface area contributed by atoms with Gasteiger partial charge in [-0.05, 0) is 66.9 Å². The highest BCUT2D eigenvalue weighted by atomic mass is 32.2. The first-order valence-electron chi connectivity index (χ1n) is 12.7. The third kappa shape index (κ3) is 5.34. The van der Waals surface area contributed by atoms with E-state index in [0.717, 1.165) is 73.1 Å². The van der Waals surface area contributed by atoms with E-state index in [1.807, 2.05) is 18.2 Å². The number of aromatic nitrogens is 2. The van der Waals surface area contributed by atoms with Gasteiger partial charge in [-0.25, -0.2) is 9.97 Å². The Morgan fingerprint density at radius 3 is 2.71 bits per heavy atom. The van der Waals surface area contributed by atoms with Crippen molar-refractivity contribution in [2.45, 2.75) is 19.4 Å². The Balaban J connectivity index is 1.03. The molecule has 0 atom stereocenters. The van der Waals surface area contributed by atoms with E-state index in [1.165, 1.54) is 5.56 Å². The van der Waals surface area contributed by atoms with Gasteiger partial charge in [0.1, 0.15) is 11.3 Å². The summed E-state index contributed by atoms with van der Waals surface area (Å²) in [5.41, 5.74) is 3.87. The van der Waals surface area contributed by atoms with Crippen molar-refractivity contribution in [3.05, 3.63) is 83.0 Å². The number of carbonyl (C=O) groups is 2. The number of imide groups is 1. The molecule has 8 nitrogen and oxygen atoms in total. The average molecular weight is 526 g/mol. The first-order valence-corrected chi connectivity index (χ1v) is 13.5. The number of benzene rings is 2. The van der Waals surface area contributed by atoms with Gasteiger partial charge in [-0.3, -0.25) is 14.9 Å². The molecule has 2 aliphatic rings. The van der Waals surface area contributed by atoms with Gasteiger partial charge in [-0.15, -0.1) is 0 Å². The van der Waals surface area contributed by atoms with E-state index >= 15 is 0 Å². The van der Waals surface area contributed by atoms with Crippen LogP contribution >= 0.6 is 11.8 Å². The third-order valence-electron chi connectivity index (χ3n) is 6.94. The topological polar surface area (TPSA) is 100 Å². The van der Waals surface area contributed by atoms with Gasteiger partial charge in [-0.2, -0.15) is 0 Å². The normalized spacial score (nSPS) is 17.5. The molecule has 2 amide bonds. The van der Waals surface area contributed by atoms with E-state index in [9.17, 15) is 9.59 Å². The van der Waals surface area contributed by atoms with Gasteiger partial charge < -0.3 is 14.6 Å². The molecule has 0 aliphatic carbocycles. The number of carbonyl (C=O) groups excluding carboxylic acids is 2. The maximum absolute atomic E-state index is 11.8. The number of nitrogens with zero attached hydrogens (tertiary/aromatic N) is 3. The molecular formula is C29H27N5O3S. The van der Waals surface area contributed by atoms with E-state index in [4.69, 9.17) is 4.42 Å². The summed E-state index contributed by atoms with van der Waals surface area (Å²) in [6.07, 6.45) is 5.41. The van der Waals surface area contributed by atoms with Crippen LogP contribution in [0.2, 0.25) is 0 Å². The zero-order chi connectivity index (χ0) is 25.9. The standard InChI is InChI=1S/C29H27N5O3S/c35-27-26(38-29(36)33-27)16-22-9-12-31-28(32-22)34-13-10-19(11-14-34)17-30-18-21-6-1-3-7-23(21)25-15-20-5-2-4-8-24(20)37-25/h1-9,12,15-16,19,30H,10-11,13-14,17-18H2,(H,33,35,36). The third-order valence-corrected chi connectivity index (χ3v) is 7.75. The lowest BCUT2D eigenvalue weighted by atomic mass is 9.96. The summed E-state index contributed by atoms with van der Waals surface area (Å²) in [4.78, 5) is 34.8. The molecule has 0 unspecified atom stereocenters. The van der Waals surface area contributed by atoms with Crippen LogP contribution in [0.25, 0.3) is 28.4 Å². The number of nitrogens with one attached hydrogen (secondary N) is 2. The predicted molar refractivity (Wildman–Crippen MR) is 149 cm³/mol. The van der Waals surface area contributed by atoms with Gasteiger partial charge in [0.2, 0.25) is 5.95 Å². The first-order chi connectivity index (χ1) is 18.6. The molecule has 4 aromatic rings. The number of hydrogen-bond donors (Lipinski definition) is 2. The first kappa shape index (κ1) is 24.4. The lowest BCUT2D eigenvalue weighted by Crippen LogP contribution is -2.38. The van der Waals surface area contributed by atoms with Gasteiger partial charge >= 0.3 is 0 Å². The van der Waals surface area contributed by atoms with Crippen LogP contribution in [-0.2, 0) is 11.3 Å². The summed E-state index contributed by atoms with van der Waals surface area (Å²) in [6.45, 7) is 3.46. The zero-order valence-electron chi connectivity index (χ0n) is 20.7. The fourth-order valence-electron chi connectivity index (χ4n) is 4.93. The van der Waals surface area contributed by atoms with Crippen molar-refractivity contribution < 1.29 is 14.0 Å². The van der Waals surface area contributed by atoms with E-state index in [1.54, 1.807) is 18.3 Å². The Kier molecular flexibility index (Phi) is 6.94. The molecule has 2 saturated heterocycles. The van der Waals surface area contributed by atoms with Crippen LogP contribution in [-0.4, -0.2) is 40.7 Å². The molecule has 2 fully saturated rings. The van der Waals surface area contributed by atoms with Crippen molar-refractivity contribution >= 4 is 45.9 Å². The van der Waals surface area contributed by atoms with Crippen LogP contribution in [0.3, 0.4) is 0 Å². The Morgan fingerprint density at radius 1 is 1.08 bits per heavy atom. The maximum atomic E-state index is 11.8. The van der Waals surface area contributed by atoms with Crippen molar-refractivity contribution in [3.8, 4) is 11.3 Å². The highest BCUT2D eigenvalue weighted by Gasteiger charge is 2.26. The summed E-state index contributed by atoms with van der Waals surface area (Å²) in [6, 6.07) is 20.3. The molecule has 2 N–H and O–H groups in total. The molecule has 192 valence electrons. The Bertz CT molecular complexity index is 1490. The number of furan rings is 1. The quantitative estimate of drug-likeness (QED) is 0.317. The number of amides is 2. The predicted octanol–water partition coefficient (Wildman–Crippen LogP) is 5.22. The van der Waals surface area contributed by atoms with Crippen LogP contribution in [0.1, 0.15) is 24.1 Å². The largest absolute Gasteiger partial charge is 0.456 e. The molecule has 2 aromatic heterocycles. The number of anilines is 1. The molecule has 38 heavy (non-hydrogen) atoms. The summed E-state index contributed by atoms with van der Waals surface area (Å²) in [7, 11) is 0. The Labute approximate surface area is 224 Å². The highest BCUT2D eigenvalue weighted by Crippen LogP contribution is 2.30. The number of piperidine rings is 1. The Hall–Kier alpha value is -3.95. The smallest absolute Gasteiger partial charge is 0.290 e. The molecule has 6 rings (SSSR count). The highest BCUT2D eigenvalue weighted by molar-refractivity contribution is 8.18. The number of rotatable bonds is 7. The van der Waals surface area contributed by atoms with Crippen molar-refractivity contribution in [2.24, 2.45) is 5.92 Å². The Morgan fingerprint density at radius 2 is 1.89 bits per heavy atom. The van der Waals surface area contributed by atoms with Crippen LogP contribution in [0.4, 0.5) is 10.7 Å². The second-order valence-electron chi connectivity index (χ2n) is 9.50. The molecule has 9 heteroatoms. The van der Waals surface area contributed by atoms with Crippen molar-refractivity contribution in [3.63, 3.8) is 0 Å². The SMILES string of the molecule is O=C1NC(=O)C(=Cc2ccnc(N3CCC(CNCc4ccccc4-c4cc5ccccc5o4)CC3)n2)S1. The summed E-state index contributed by atoms with van der Waals surface area (Å²) < 4.78 is 6.12. The maximum Gasteiger partial charge on any atom is 0.290 e. The molecule has 0 spiro atoms. The minimum atomic E-state index is -0.381. The lowest BCUT2D eigenvalue weighted by Gasteiger charge is -2.32.